The van der Waals surface area contributed by atoms with Gasteiger partial charge in [0.15, 0.2) is 0 Å². The van der Waals surface area contributed by atoms with Crippen molar-refractivity contribution in [1.82, 2.24) is 10.2 Å². The summed E-state index contributed by atoms with van der Waals surface area (Å²) in [4.78, 5) is 2.44. The predicted octanol–water partition coefficient (Wildman–Crippen LogP) is 4.98. The van der Waals surface area contributed by atoms with E-state index in [9.17, 15) is 4.39 Å². The highest BCUT2D eigenvalue weighted by Gasteiger charge is 2.41. The van der Waals surface area contributed by atoms with Gasteiger partial charge in [-0.25, -0.2) is 4.39 Å². The van der Waals surface area contributed by atoms with E-state index in [-0.39, 0.29) is 18.8 Å². The third kappa shape index (κ3) is 4.16. The summed E-state index contributed by atoms with van der Waals surface area (Å²) in [6.45, 7) is 3.98. The van der Waals surface area contributed by atoms with Crippen molar-refractivity contribution >= 4 is 23.2 Å². The van der Waals surface area contributed by atoms with Crippen molar-refractivity contribution in [3.8, 4) is 5.75 Å². The van der Waals surface area contributed by atoms with Crippen LogP contribution < -0.4 is 10.1 Å². The number of alkyl halides is 1. The fourth-order valence-electron chi connectivity index (χ4n) is 4.36. The first-order chi connectivity index (χ1) is 13.5. The summed E-state index contributed by atoms with van der Waals surface area (Å²) in [5, 5.41) is 4.63. The first-order valence-electron chi connectivity index (χ1n) is 9.79. The summed E-state index contributed by atoms with van der Waals surface area (Å²) in [5.41, 5.74) is 3.39. The van der Waals surface area contributed by atoms with E-state index < -0.39 is 0 Å². The third-order valence-electron chi connectivity index (χ3n) is 5.76. The molecule has 0 bridgehead atoms. The van der Waals surface area contributed by atoms with E-state index >= 15 is 0 Å². The lowest BCUT2D eigenvalue weighted by molar-refractivity contribution is 0.0925. The van der Waals surface area contributed by atoms with E-state index in [1.54, 1.807) is 0 Å². The number of nitrogens with zero attached hydrogens (tertiary/aromatic N) is 1. The lowest BCUT2D eigenvalue weighted by atomic mass is 10.1. The molecule has 0 spiro atoms. The minimum Gasteiger partial charge on any atom is -0.484 e. The summed E-state index contributed by atoms with van der Waals surface area (Å²) >= 11 is 12.8. The quantitative estimate of drug-likeness (QED) is 0.710. The number of hydrogen-bond acceptors (Lipinski definition) is 3. The zero-order chi connectivity index (χ0) is 19.7. The van der Waals surface area contributed by atoms with Crippen molar-refractivity contribution in [2.75, 3.05) is 26.3 Å². The molecule has 3 nitrogen and oxygen atoms in total. The monoisotopic (exact) mass is 422 g/mol. The smallest absolute Gasteiger partial charge is 0.140 e. The number of benzene rings is 2. The van der Waals surface area contributed by atoms with Gasteiger partial charge in [-0.05, 0) is 49.6 Å². The van der Waals surface area contributed by atoms with Crippen LogP contribution in [0.4, 0.5) is 4.39 Å². The van der Waals surface area contributed by atoms with Crippen LogP contribution in [0.5, 0.6) is 5.75 Å². The van der Waals surface area contributed by atoms with Gasteiger partial charge < -0.3 is 10.1 Å². The highest BCUT2D eigenvalue weighted by atomic mass is 35.5. The molecule has 2 aromatic rings. The number of rotatable bonds is 6. The summed E-state index contributed by atoms with van der Waals surface area (Å²) in [5.74, 6) is 0.843. The van der Waals surface area contributed by atoms with Crippen LogP contribution >= 0.6 is 23.2 Å². The zero-order valence-corrected chi connectivity index (χ0v) is 17.4. The Morgan fingerprint density at radius 1 is 1.21 bits per heavy atom. The van der Waals surface area contributed by atoms with E-state index in [1.807, 2.05) is 24.3 Å². The van der Waals surface area contributed by atoms with Crippen molar-refractivity contribution in [1.29, 1.82) is 0 Å². The molecule has 0 unspecified atom stereocenters. The maximum atomic E-state index is 12.5. The van der Waals surface area contributed by atoms with Crippen molar-refractivity contribution in [3.63, 3.8) is 0 Å². The molecule has 1 heterocycles. The largest absolute Gasteiger partial charge is 0.484 e. The van der Waals surface area contributed by atoms with Gasteiger partial charge in [0.1, 0.15) is 18.5 Å². The van der Waals surface area contributed by atoms with E-state index in [1.165, 1.54) is 5.56 Å². The molecule has 1 fully saturated rings. The standard InChI is InChI=1S/C22H25Cl2FN2O/c1-14-2-4-17(5-3-14)28-22-19-10-15(23)11-20(24)18(19)12-21(22)27-9-6-16(13-27)26-8-7-25/h2-5,10-11,16,21-22,26H,6-9,12-13H2,1H3/t16-,21+,22+/m1/s1. The van der Waals surface area contributed by atoms with Crippen LogP contribution in [-0.2, 0) is 6.42 Å². The normalized spacial score (nSPS) is 24.5. The maximum absolute atomic E-state index is 12.5. The Kier molecular flexibility index (Phi) is 6.12. The van der Waals surface area contributed by atoms with Gasteiger partial charge >= 0.3 is 0 Å². The molecule has 3 atom stereocenters. The fraction of sp³-hybridized carbons (Fsp3) is 0.455. The van der Waals surface area contributed by atoms with Crippen LogP contribution in [0.3, 0.4) is 0 Å². The Morgan fingerprint density at radius 2 is 2.00 bits per heavy atom. The fourth-order valence-corrected chi connectivity index (χ4v) is 4.94. The van der Waals surface area contributed by atoms with Gasteiger partial charge in [0.2, 0.25) is 0 Å². The van der Waals surface area contributed by atoms with Gasteiger partial charge in [-0.1, -0.05) is 40.9 Å². The molecule has 4 rings (SSSR count). The van der Waals surface area contributed by atoms with Crippen LogP contribution in [0, 0.1) is 6.92 Å². The molecule has 6 heteroatoms. The van der Waals surface area contributed by atoms with E-state index in [4.69, 9.17) is 27.9 Å². The molecule has 2 aromatic carbocycles. The Labute approximate surface area is 175 Å². The maximum Gasteiger partial charge on any atom is 0.140 e. The minimum absolute atomic E-state index is 0.131. The molecular weight excluding hydrogens is 398 g/mol. The SMILES string of the molecule is Cc1ccc(O[C@H]2c3cc(Cl)cc(Cl)c3C[C@@H]2N2CC[C@@H](NCCF)C2)cc1. The van der Waals surface area contributed by atoms with Crippen molar-refractivity contribution in [2.45, 2.75) is 38.0 Å². The van der Waals surface area contributed by atoms with E-state index in [0.29, 0.717) is 22.6 Å². The Morgan fingerprint density at radius 3 is 2.75 bits per heavy atom. The number of halogens is 3. The Balaban J connectivity index is 1.60. The molecule has 150 valence electrons. The molecule has 2 aliphatic rings. The van der Waals surface area contributed by atoms with Crippen LogP contribution in [-0.4, -0.2) is 43.3 Å². The first kappa shape index (κ1) is 20.0. The second-order valence-electron chi connectivity index (χ2n) is 7.70. The molecule has 1 aliphatic heterocycles. The molecule has 0 radical (unpaired) electrons. The van der Waals surface area contributed by atoms with E-state index in [2.05, 4.69) is 29.3 Å². The zero-order valence-electron chi connectivity index (χ0n) is 15.9. The van der Waals surface area contributed by atoms with Gasteiger partial charge in [-0.15, -0.1) is 0 Å². The molecule has 28 heavy (non-hydrogen) atoms. The van der Waals surface area contributed by atoms with Crippen LogP contribution in [0.25, 0.3) is 0 Å². The van der Waals surface area contributed by atoms with Crippen molar-refractivity contribution < 1.29 is 9.13 Å². The predicted molar refractivity (Wildman–Crippen MR) is 112 cm³/mol. The summed E-state index contributed by atoms with van der Waals surface area (Å²) in [6, 6.07) is 12.4. The van der Waals surface area contributed by atoms with Crippen molar-refractivity contribution in [2.24, 2.45) is 0 Å². The highest BCUT2D eigenvalue weighted by Crippen LogP contribution is 2.43. The molecular formula is C22H25Cl2FN2O. The number of ether oxygens (including phenoxy) is 1. The number of likely N-dealkylation sites (tertiary alicyclic amines) is 1. The van der Waals surface area contributed by atoms with Crippen LogP contribution in [0.2, 0.25) is 10.0 Å². The van der Waals surface area contributed by atoms with Gasteiger partial charge in [0.05, 0.1) is 6.04 Å². The minimum atomic E-state index is -0.335. The second kappa shape index (κ2) is 8.58. The van der Waals surface area contributed by atoms with Crippen LogP contribution in [0.1, 0.15) is 29.2 Å². The first-order valence-corrected chi connectivity index (χ1v) is 10.6. The summed E-state index contributed by atoms with van der Waals surface area (Å²) in [6.07, 6.45) is 1.71. The lowest BCUT2D eigenvalue weighted by Crippen LogP contribution is -2.41. The summed E-state index contributed by atoms with van der Waals surface area (Å²) in [7, 11) is 0. The number of aryl methyl sites for hydroxylation is 1. The average molecular weight is 423 g/mol. The second-order valence-corrected chi connectivity index (χ2v) is 8.55. The number of hydrogen-bond donors (Lipinski definition) is 1. The van der Waals surface area contributed by atoms with E-state index in [0.717, 1.165) is 42.8 Å². The molecule has 1 saturated heterocycles. The molecule has 0 amide bonds. The Bertz CT molecular complexity index is 830. The molecule has 0 saturated carbocycles. The van der Waals surface area contributed by atoms with Gasteiger partial charge in [-0.3, -0.25) is 4.90 Å². The lowest BCUT2D eigenvalue weighted by Gasteiger charge is -2.30. The van der Waals surface area contributed by atoms with Crippen LogP contribution in [0.15, 0.2) is 36.4 Å². The molecule has 1 aliphatic carbocycles. The third-order valence-corrected chi connectivity index (χ3v) is 6.32. The average Bonchev–Trinajstić information content (AvgIpc) is 3.27. The van der Waals surface area contributed by atoms with Gasteiger partial charge in [0.25, 0.3) is 0 Å². The van der Waals surface area contributed by atoms with Gasteiger partial charge in [-0.2, -0.15) is 0 Å². The number of nitrogens with one attached hydrogen (secondary N) is 1. The highest BCUT2D eigenvalue weighted by molar-refractivity contribution is 6.35. The number of fused-ring (bicyclic) bond motifs is 1. The Hall–Kier alpha value is -1.33. The molecule has 0 aromatic heterocycles. The topological polar surface area (TPSA) is 24.5 Å². The van der Waals surface area contributed by atoms with Crippen molar-refractivity contribution in [3.05, 3.63) is 63.1 Å². The summed E-state index contributed by atoms with van der Waals surface area (Å²) < 4.78 is 19.0. The van der Waals surface area contributed by atoms with Gasteiger partial charge in [0, 0.05) is 41.3 Å². The molecule has 1 N–H and O–H groups in total.